The topological polar surface area (TPSA) is 0 Å². The summed E-state index contributed by atoms with van der Waals surface area (Å²) in [5.74, 6) is 0.253. The van der Waals surface area contributed by atoms with Crippen LogP contribution in [0.5, 0.6) is 0 Å². The molecule has 0 bridgehead atoms. The van der Waals surface area contributed by atoms with Crippen LogP contribution in [0.15, 0.2) is 42.5 Å². The highest BCUT2D eigenvalue weighted by Crippen LogP contribution is 2.20. The molecule has 0 heterocycles. The molecule has 0 fully saturated rings. The maximum Gasteiger partial charge on any atom is 0.123 e. The molecule has 2 aromatic carbocycles. The summed E-state index contributed by atoms with van der Waals surface area (Å²) >= 11 is 6.02. The Balaban J connectivity index is 2.09. The van der Waals surface area contributed by atoms with Crippen molar-refractivity contribution in [2.45, 2.75) is 19.8 Å². The molecule has 1 unspecified atom stereocenters. The van der Waals surface area contributed by atoms with Gasteiger partial charge in [0.05, 0.1) is 0 Å². The maximum atomic E-state index is 13.2. The molecule has 0 radical (unpaired) electrons. The van der Waals surface area contributed by atoms with Crippen LogP contribution in [0.1, 0.15) is 16.7 Å². The molecule has 0 aliphatic rings. The van der Waals surface area contributed by atoms with Crippen LogP contribution in [0.4, 0.5) is 8.78 Å². The molecule has 0 aliphatic carbocycles. The van der Waals surface area contributed by atoms with Gasteiger partial charge < -0.3 is 0 Å². The Kier molecular flexibility index (Phi) is 5.13. The lowest BCUT2D eigenvalue weighted by Gasteiger charge is -2.15. The Morgan fingerprint density at radius 2 is 1.75 bits per heavy atom. The van der Waals surface area contributed by atoms with Crippen LogP contribution in [0, 0.1) is 24.5 Å². The van der Waals surface area contributed by atoms with Crippen LogP contribution in [-0.4, -0.2) is 5.88 Å². The van der Waals surface area contributed by atoms with Gasteiger partial charge in [-0.05, 0) is 66.6 Å². The third kappa shape index (κ3) is 4.04. The van der Waals surface area contributed by atoms with E-state index in [1.165, 1.54) is 24.3 Å². The van der Waals surface area contributed by atoms with Gasteiger partial charge in [0.1, 0.15) is 11.6 Å². The second kappa shape index (κ2) is 6.85. The van der Waals surface area contributed by atoms with Crippen LogP contribution in [-0.2, 0) is 12.8 Å². The standard InChI is InChI=1S/C17H17ClF2/c1-12-7-17(20)6-5-15(12)9-14(11-18)8-13-3-2-4-16(19)10-13/h2-7,10,14H,8-9,11H2,1H3. The van der Waals surface area contributed by atoms with Crippen LogP contribution >= 0.6 is 11.6 Å². The molecule has 0 spiro atoms. The van der Waals surface area contributed by atoms with Gasteiger partial charge in [0.2, 0.25) is 0 Å². The number of hydrogen-bond acceptors (Lipinski definition) is 0. The maximum absolute atomic E-state index is 13.2. The van der Waals surface area contributed by atoms with E-state index in [-0.39, 0.29) is 17.6 Å². The van der Waals surface area contributed by atoms with E-state index in [1.807, 2.05) is 13.0 Å². The first-order valence-electron chi connectivity index (χ1n) is 6.64. The zero-order valence-electron chi connectivity index (χ0n) is 11.4. The summed E-state index contributed by atoms with van der Waals surface area (Å²) in [5.41, 5.74) is 2.96. The highest BCUT2D eigenvalue weighted by molar-refractivity contribution is 6.18. The minimum Gasteiger partial charge on any atom is -0.207 e. The van der Waals surface area contributed by atoms with E-state index in [4.69, 9.17) is 11.6 Å². The molecule has 20 heavy (non-hydrogen) atoms. The van der Waals surface area contributed by atoms with Gasteiger partial charge in [0.25, 0.3) is 0 Å². The second-order valence-corrected chi connectivity index (χ2v) is 5.44. The van der Waals surface area contributed by atoms with Crippen molar-refractivity contribution in [3.05, 3.63) is 70.8 Å². The summed E-state index contributed by atoms with van der Waals surface area (Å²) in [6, 6.07) is 11.4. The molecule has 0 N–H and O–H groups in total. The summed E-state index contributed by atoms with van der Waals surface area (Å²) in [6.45, 7) is 1.89. The van der Waals surface area contributed by atoms with Gasteiger partial charge >= 0.3 is 0 Å². The van der Waals surface area contributed by atoms with Gasteiger partial charge in [0.15, 0.2) is 0 Å². The van der Waals surface area contributed by atoms with Crippen LogP contribution in [0.25, 0.3) is 0 Å². The Labute approximate surface area is 123 Å². The molecule has 0 nitrogen and oxygen atoms in total. The number of halogens is 3. The molecule has 0 amide bonds. The number of hydrogen-bond donors (Lipinski definition) is 0. The second-order valence-electron chi connectivity index (χ2n) is 5.13. The first-order chi connectivity index (χ1) is 9.58. The molecule has 2 aromatic rings. The SMILES string of the molecule is Cc1cc(F)ccc1CC(CCl)Cc1cccc(F)c1. The van der Waals surface area contributed by atoms with Gasteiger partial charge in [-0.1, -0.05) is 18.2 Å². The van der Waals surface area contributed by atoms with Gasteiger partial charge in [-0.25, -0.2) is 8.78 Å². The lowest BCUT2D eigenvalue weighted by molar-refractivity contribution is 0.572. The van der Waals surface area contributed by atoms with Gasteiger partial charge in [-0.15, -0.1) is 11.6 Å². The smallest absolute Gasteiger partial charge is 0.123 e. The van der Waals surface area contributed by atoms with Gasteiger partial charge in [-0.2, -0.15) is 0 Å². The fourth-order valence-corrected chi connectivity index (χ4v) is 2.60. The van der Waals surface area contributed by atoms with Crippen molar-refractivity contribution in [1.29, 1.82) is 0 Å². The molecular formula is C17H17ClF2. The van der Waals surface area contributed by atoms with Gasteiger partial charge in [0, 0.05) is 5.88 Å². The fraction of sp³-hybridized carbons (Fsp3) is 0.294. The third-order valence-electron chi connectivity index (χ3n) is 3.44. The number of aryl methyl sites for hydroxylation is 1. The normalized spacial score (nSPS) is 12.4. The van der Waals surface area contributed by atoms with Crippen molar-refractivity contribution in [1.82, 2.24) is 0 Å². The number of benzene rings is 2. The average Bonchev–Trinajstić information content (AvgIpc) is 2.41. The quantitative estimate of drug-likeness (QED) is 0.687. The Morgan fingerprint density at radius 1 is 1.00 bits per heavy atom. The minimum absolute atomic E-state index is 0.211. The lowest BCUT2D eigenvalue weighted by atomic mass is 9.92. The van der Waals surface area contributed by atoms with Crippen molar-refractivity contribution < 1.29 is 8.78 Å². The molecule has 1 atom stereocenters. The van der Waals surface area contributed by atoms with Crippen LogP contribution < -0.4 is 0 Å². The van der Waals surface area contributed by atoms with Crippen molar-refractivity contribution in [2.24, 2.45) is 5.92 Å². The van der Waals surface area contributed by atoms with E-state index in [0.29, 0.717) is 5.88 Å². The molecule has 106 valence electrons. The first kappa shape index (κ1) is 15.0. The summed E-state index contributed by atoms with van der Waals surface area (Å²) in [5, 5.41) is 0. The Morgan fingerprint density at radius 3 is 2.40 bits per heavy atom. The van der Waals surface area contributed by atoms with Gasteiger partial charge in [-0.3, -0.25) is 0 Å². The van der Waals surface area contributed by atoms with E-state index in [2.05, 4.69) is 0 Å². The summed E-state index contributed by atoms with van der Waals surface area (Å²) in [4.78, 5) is 0. The van der Waals surface area contributed by atoms with Crippen molar-refractivity contribution in [3.63, 3.8) is 0 Å². The van der Waals surface area contributed by atoms with Crippen LogP contribution in [0.2, 0.25) is 0 Å². The predicted octanol–water partition coefficient (Wildman–Crippen LogP) is 4.91. The lowest BCUT2D eigenvalue weighted by Crippen LogP contribution is -2.11. The highest BCUT2D eigenvalue weighted by Gasteiger charge is 2.12. The molecular weight excluding hydrogens is 278 g/mol. The summed E-state index contributed by atoms with van der Waals surface area (Å²) in [7, 11) is 0. The molecule has 2 rings (SSSR count). The number of alkyl halides is 1. The zero-order chi connectivity index (χ0) is 14.5. The highest BCUT2D eigenvalue weighted by atomic mass is 35.5. The average molecular weight is 295 g/mol. The molecule has 0 aliphatic heterocycles. The summed E-state index contributed by atoms with van der Waals surface area (Å²) in [6.07, 6.45) is 1.49. The third-order valence-corrected chi connectivity index (χ3v) is 3.88. The van der Waals surface area contributed by atoms with E-state index >= 15 is 0 Å². The van der Waals surface area contributed by atoms with Crippen molar-refractivity contribution in [2.75, 3.05) is 5.88 Å². The Bertz CT molecular complexity index is 581. The van der Waals surface area contributed by atoms with Crippen LogP contribution in [0.3, 0.4) is 0 Å². The van der Waals surface area contributed by atoms with E-state index in [9.17, 15) is 8.78 Å². The number of rotatable bonds is 5. The zero-order valence-corrected chi connectivity index (χ0v) is 12.1. The van der Waals surface area contributed by atoms with Crippen molar-refractivity contribution >= 4 is 11.6 Å². The Hall–Kier alpha value is -1.41. The van der Waals surface area contributed by atoms with Crippen molar-refractivity contribution in [3.8, 4) is 0 Å². The largest absolute Gasteiger partial charge is 0.207 e. The van der Waals surface area contributed by atoms with E-state index in [0.717, 1.165) is 29.5 Å². The predicted molar refractivity (Wildman–Crippen MR) is 79.2 cm³/mol. The fourth-order valence-electron chi connectivity index (χ4n) is 2.38. The molecule has 3 heteroatoms. The van der Waals surface area contributed by atoms with E-state index in [1.54, 1.807) is 12.1 Å². The van der Waals surface area contributed by atoms with E-state index < -0.39 is 0 Å². The summed E-state index contributed by atoms with van der Waals surface area (Å²) < 4.78 is 26.3. The first-order valence-corrected chi connectivity index (χ1v) is 7.17. The molecule has 0 saturated heterocycles. The monoisotopic (exact) mass is 294 g/mol. The molecule has 0 saturated carbocycles. The minimum atomic E-state index is -0.228. The molecule has 0 aromatic heterocycles.